The lowest BCUT2D eigenvalue weighted by molar-refractivity contribution is 0.461. The number of hydrogen-bond donors (Lipinski definition) is 1. The summed E-state index contributed by atoms with van der Waals surface area (Å²) >= 11 is 0. The summed E-state index contributed by atoms with van der Waals surface area (Å²) in [6.45, 7) is 5.99. The molecule has 1 fully saturated rings. The molecule has 1 aliphatic carbocycles. The number of benzene rings is 1. The van der Waals surface area contributed by atoms with Crippen molar-refractivity contribution in [2.24, 2.45) is 5.92 Å². The van der Waals surface area contributed by atoms with Gasteiger partial charge in [-0.15, -0.1) is 5.10 Å². The molecule has 0 aliphatic heterocycles. The molecule has 0 amide bonds. The molecule has 0 saturated heterocycles. The van der Waals surface area contributed by atoms with Crippen LogP contribution in [0.3, 0.4) is 0 Å². The van der Waals surface area contributed by atoms with Crippen LogP contribution in [0.2, 0.25) is 0 Å². The Morgan fingerprint density at radius 3 is 2.85 bits per heavy atom. The minimum atomic E-state index is 0.455. The van der Waals surface area contributed by atoms with Crippen LogP contribution in [0, 0.1) is 12.8 Å². The Morgan fingerprint density at radius 1 is 1.35 bits per heavy atom. The van der Waals surface area contributed by atoms with Gasteiger partial charge in [-0.2, -0.15) is 0 Å². The molecule has 1 saturated carbocycles. The molecule has 0 radical (unpaired) electrons. The van der Waals surface area contributed by atoms with Crippen molar-refractivity contribution >= 4 is 0 Å². The Labute approximate surface area is 120 Å². The molecule has 1 aromatic heterocycles. The Bertz CT molecular complexity index is 571. The molecule has 1 aliphatic rings. The van der Waals surface area contributed by atoms with Crippen LogP contribution >= 0.6 is 0 Å². The van der Waals surface area contributed by atoms with Crippen LogP contribution in [-0.4, -0.2) is 15.0 Å². The summed E-state index contributed by atoms with van der Waals surface area (Å²) < 4.78 is 1.95. The monoisotopic (exact) mass is 270 g/mol. The van der Waals surface area contributed by atoms with Gasteiger partial charge >= 0.3 is 0 Å². The average molecular weight is 270 g/mol. The van der Waals surface area contributed by atoms with Crippen molar-refractivity contribution in [2.45, 2.75) is 45.8 Å². The molecule has 2 aromatic rings. The van der Waals surface area contributed by atoms with Crippen LogP contribution in [0.1, 0.15) is 42.6 Å². The van der Waals surface area contributed by atoms with Gasteiger partial charge in [-0.05, 0) is 43.7 Å². The molecule has 3 rings (SSSR count). The van der Waals surface area contributed by atoms with Crippen LogP contribution < -0.4 is 5.32 Å². The van der Waals surface area contributed by atoms with E-state index in [0.29, 0.717) is 6.04 Å². The predicted octanol–water partition coefficient (Wildman–Crippen LogP) is 2.85. The first-order valence-corrected chi connectivity index (χ1v) is 7.46. The van der Waals surface area contributed by atoms with Crippen LogP contribution in [-0.2, 0) is 13.1 Å². The van der Waals surface area contributed by atoms with Crippen molar-refractivity contribution in [1.82, 2.24) is 20.3 Å². The highest BCUT2D eigenvalue weighted by Gasteiger charge is 2.32. The molecule has 1 heterocycles. The van der Waals surface area contributed by atoms with Gasteiger partial charge in [-0.25, -0.2) is 4.68 Å². The first kappa shape index (κ1) is 13.3. The van der Waals surface area contributed by atoms with E-state index < -0.39 is 0 Å². The van der Waals surface area contributed by atoms with E-state index in [0.717, 1.165) is 24.7 Å². The smallest absolute Gasteiger partial charge is 0.0738 e. The summed E-state index contributed by atoms with van der Waals surface area (Å²) in [5.41, 5.74) is 3.97. The van der Waals surface area contributed by atoms with E-state index in [1.165, 1.54) is 24.0 Å². The quantitative estimate of drug-likeness (QED) is 0.877. The van der Waals surface area contributed by atoms with Crippen LogP contribution in [0.5, 0.6) is 0 Å². The minimum Gasteiger partial charge on any atom is -0.304 e. The minimum absolute atomic E-state index is 0.455. The second-order valence-corrected chi connectivity index (χ2v) is 5.59. The zero-order valence-electron chi connectivity index (χ0n) is 12.2. The number of rotatable bonds is 6. The number of nitrogens with zero attached hydrogens (tertiary/aromatic N) is 3. The van der Waals surface area contributed by atoms with Gasteiger partial charge in [-0.3, -0.25) is 0 Å². The van der Waals surface area contributed by atoms with Gasteiger partial charge in [0.2, 0.25) is 0 Å². The third-order valence-electron chi connectivity index (χ3n) is 4.12. The lowest BCUT2D eigenvalue weighted by Crippen LogP contribution is -2.24. The van der Waals surface area contributed by atoms with Crippen molar-refractivity contribution < 1.29 is 0 Å². The molecule has 20 heavy (non-hydrogen) atoms. The second-order valence-electron chi connectivity index (χ2n) is 5.59. The van der Waals surface area contributed by atoms with Crippen LogP contribution in [0.15, 0.2) is 30.5 Å². The van der Waals surface area contributed by atoms with Crippen molar-refractivity contribution in [3.05, 3.63) is 47.3 Å². The lowest BCUT2D eigenvalue weighted by atomic mass is 9.97. The van der Waals surface area contributed by atoms with Gasteiger partial charge in [0, 0.05) is 19.1 Å². The summed E-state index contributed by atoms with van der Waals surface area (Å²) in [7, 11) is 0. The maximum Gasteiger partial charge on any atom is 0.0738 e. The molecule has 4 heteroatoms. The SMILES string of the molecule is CCn1nncc1CNC(c1ccccc1C)C1CC1. The molecule has 4 nitrogen and oxygen atoms in total. The van der Waals surface area contributed by atoms with E-state index in [1.807, 2.05) is 10.9 Å². The third kappa shape index (κ3) is 2.75. The zero-order valence-corrected chi connectivity index (χ0v) is 12.2. The molecule has 1 N–H and O–H groups in total. The Morgan fingerprint density at radius 2 is 2.15 bits per heavy atom. The van der Waals surface area contributed by atoms with Crippen molar-refractivity contribution in [3.63, 3.8) is 0 Å². The summed E-state index contributed by atoms with van der Waals surface area (Å²) in [5, 5.41) is 11.8. The first-order chi connectivity index (χ1) is 9.79. The number of aryl methyl sites for hydroxylation is 2. The standard InChI is InChI=1S/C16H22N4/c1-3-20-14(11-18-19-20)10-17-16(13-8-9-13)15-7-5-4-6-12(15)2/h4-7,11,13,16-17H,3,8-10H2,1-2H3. The summed E-state index contributed by atoms with van der Waals surface area (Å²) in [6.07, 6.45) is 4.52. The highest BCUT2D eigenvalue weighted by atomic mass is 15.4. The highest BCUT2D eigenvalue weighted by molar-refractivity contribution is 5.30. The van der Waals surface area contributed by atoms with Gasteiger partial charge in [0.1, 0.15) is 0 Å². The maximum absolute atomic E-state index is 4.09. The fourth-order valence-electron chi connectivity index (χ4n) is 2.79. The molecule has 0 bridgehead atoms. The van der Waals surface area contributed by atoms with Gasteiger partial charge < -0.3 is 5.32 Å². The second kappa shape index (κ2) is 5.75. The van der Waals surface area contributed by atoms with Crippen LogP contribution in [0.4, 0.5) is 0 Å². The molecule has 1 atom stereocenters. The number of aromatic nitrogens is 3. The zero-order chi connectivity index (χ0) is 13.9. The number of nitrogens with one attached hydrogen (secondary N) is 1. The molecular weight excluding hydrogens is 248 g/mol. The molecular formula is C16H22N4. The van der Waals surface area contributed by atoms with Crippen molar-refractivity contribution in [1.29, 1.82) is 0 Å². The van der Waals surface area contributed by atoms with Gasteiger partial charge in [0.05, 0.1) is 11.9 Å². The van der Waals surface area contributed by atoms with E-state index >= 15 is 0 Å². The Kier molecular flexibility index (Phi) is 3.83. The topological polar surface area (TPSA) is 42.7 Å². The van der Waals surface area contributed by atoms with E-state index in [1.54, 1.807) is 0 Å². The normalized spacial score (nSPS) is 16.3. The fraction of sp³-hybridized carbons (Fsp3) is 0.500. The van der Waals surface area contributed by atoms with Gasteiger partial charge in [0.15, 0.2) is 0 Å². The summed E-state index contributed by atoms with van der Waals surface area (Å²) in [4.78, 5) is 0. The lowest BCUT2D eigenvalue weighted by Gasteiger charge is -2.21. The highest BCUT2D eigenvalue weighted by Crippen LogP contribution is 2.41. The number of hydrogen-bond acceptors (Lipinski definition) is 3. The summed E-state index contributed by atoms with van der Waals surface area (Å²) in [5.74, 6) is 0.780. The fourth-order valence-corrected chi connectivity index (χ4v) is 2.79. The van der Waals surface area contributed by atoms with E-state index in [2.05, 4.69) is 53.7 Å². The molecule has 106 valence electrons. The van der Waals surface area contributed by atoms with E-state index in [-0.39, 0.29) is 0 Å². The van der Waals surface area contributed by atoms with Gasteiger partial charge in [0.25, 0.3) is 0 Å². The van der Waals surface area contributed by atoms with Crippen molar-refractivity contribution in [3.8, 4) is 0 Å². The van der Waals surface area contributed by atoms with Gasteiger partial charge in [-0.1, -0.05) is 29.5 Å². The third-order valence-corrected chi connectivity index (χ3v) is 4.12. The Hall–Kier alpha value is -1.68. The maximum atomic E-state index is 4.09. The molecule has 0 spiro atoms. The predicted molar refractivity (Wildman–Crippen MR) is 79.2 cm³/mol. The van der Waals surface area contributed by atoms with E-state index in [4.69, 9.17) is 0 Å². The molecule has 1 aromatic carbocycles. The van der Waals surface area contributed by atoms with E-state index in [9.17, 15) is 0 Å². The Balaban J connectivity index is 1.74. The van der Waals surface area contributed by atoms with Crippen LogP contribution in [0.25, 0.3) is 0 Å². The first-order valence-electron chi connectivity index (χ1n) is 7.46. The average Bonchev–Trinajstić information content (AvgIpc) is 3.19. The van der Waals surface area contributed by atoms with Crippen molar-refractivity contribution in [2.75, 3.05) is 0 Å². The summed E-state index contributed by atoms with van der Waals surface area (Å²) in [6, 6.07) is 9.15. The largest absolute Gasteiger partial charge is 0.304 e. The molecule has 1 unspecified atom stereocenters.